The van der Waals surface area contributed by atoms with Gasteiger partial charge in [-0.1, -0.05) is 5.11 Å². The van der Waals surface area contributed by atoms with E-state index in [1.54, 1.807) is 6.92 Å². The van der Waals surface area contributed by atoms with Crippen LogP contribution in [0.1, 0.15) is 13.3 Å². The van der Waals surface area contributed by atoms with Gasteiger partial charge in [0.05, 0.1) is 18.8 Å². The Kier molecular flexibility index (Phi) is 5.57. The van der Waals surface area contributed by atoms with Gasteiger partial charge in [-0.3, -0.25) is 0 Å². The van der Waals surface area contributed by atoms with Crippen LogP contribution in [-0.2, 0) is 14.3 Å². The van der Waals surface area contributed by atoms with Crippen molar-refractivity contribution in [1.82, 2.24) is 0 Å². The van der Waals surface area contributed by atoms with Crippen LogP contribution in [0.15, 0.2) is 29.4 Å². The third kappa shape index (κ3) is 3.87. The highest BCUT2D eigenvalue weighted by Gasteiger charge is 2.39. The number of benzene rings is 1. The maximum absolute atomic E-state index is 13.0. The van der Waals surface area contributed by atoms with Gasteiger partial charge >= 0.3 is 5.97 Å². The largest absolute Gasteiger partial charge is 0.464 e. The molecule has 1 aromatic carbocycles. The van der Waals surface area contributed by atoms with Crippen LogP contribution in [0.3, 0.4) is 0 Å². The number of halogens is 1. The van der Waals surface area contributed by atoms with Crippen LogP contribution in [0.25, 0.3) is 10.4 Å². The summed E-state index contributed by atoms with van der Waals surface area (Å²) in [4.78, 5) is 15.0. The number of anilines is 1. The molecule has 3 atom stereocenters. The predicted molar refractivity (Wildman–Crippen MR) is 77.7 cm³/mol. The normalized spacial score (nSPS) is 21.7. The maximum Gasteiger partial charge on any atom is 0.331 e. The van der Waals surface area contributed by atoms with E-state index in [0.29, 0.717) is 18.7 Å². The molecule has 22 heavy (non-hydrogen) atoms. The average molecular weight is 308 g/mol. The number of hydrogen-bond donors (Lipinski definition) is 1. The van der Waals surface area contributed by atoms with Crippen molar-refractivity contribution in [2.45, 2.75) is 31.5 Å². The molecule has 118 valence electrons. The van der Waals surface area contributed by atoms with Crippen LogP contribution in [-0.4, -0.2) is 37.4 Å². The zero-order chi connectivity index (χ0) is 15.9. The van der Waals surface area contributed by atoms with Gasteiger partial charge in [-0.05, 0) is 43.1 Å². The fourth-order valence-corrected chi connectivity index (χ4v) is 2.34. The monoisotopic (exact) mass is 308 g/mol. The Morgan fingerprint density at radius 1 is 1.59 bits per heavy atom. The quantitative estimate of drug-likeness (QED) is 0.378. The summed E-state index contributed by atoms with van der Waals surface area (Å²) in [6.45, 7) is 2.32. The van der Waals surface area contributed by atoms with Crippen molar-refractivity contribution in [1.29, 1.82) is 0 Å². The summed E-state index contributed by atoms with van der Waals surface area (Å²) in [5.41, 5.74) is 9.16. The number of carbonyl (C=O) groups is 1. The van der Waals surface area contributed by atoms with E-state index in [0.717, 1.165) is 0 Å². The molecule has 1 aromatic rings. The maximum atomic E-state index is 13.0. The molecular formula is C14H17FN4O3. The molecule has 0 aliphatic carbocycles. The first-order chi connectivity index (χ1) is 10.7. The molecule has 0 saturated carbocycles. The number of carbonyl (C=O) groups excluding carboxylic acids is 1. The van der Waals surface area contributed by atoms with Crippen molar-refractivity contribution >= 4 is 11.7 Å². The molecule has 1 heterocycles. The van der Waals surface area contributed by atoms with E-state index in [4.69, 9.17) is 15.0 Å². The molecule has 1 N–H and O–H groups in total. The zero-order valence-electron chi connectivity index (χ0n) is 12.1. The van der Waals surface area contributed by atoms with Gasteiger partial charge in [0.25, 0.3) is 0 Å². The molecule has 1 unspecified atom stereocenters. The van der Waals surface area contributed by atoms with Crippen molar-refractivity contribution in [2.24, 2.45) is 5.11 Å². The minimum Gasteiger partial charge on any atom is -0.464 e. The summed E-state index contributed by atoms with van der Waals surface area (Å²) in [5.74, 6) is -0.876. The molecular weight excluding hydrogens is 291 g/mol. The van der Waals surface area contributed by atoms with Crippen molar-refractivity contribution < 1.29 is 18.7 Å². The SMILES string of the molecule is CCOC(=O)C(Nc1ccc(F)cc1)[C@@H]1OCC[C@H]1N=[N+]=[N-]. The lowest BCUT2D eigenvalue weighted by molar-refractivity contribution is -0.147. The van der Waals surface area contributed by atoms with Crippen molar-refractivity contribution in [2.75, 3.05) is 18.5 Å². The van der Waals surface area contributed by atoms with Gasteiger partial charge in [-0.15, -0.1) is 0 Å². The lowest BCUT2D eigenvalue weighted by atomic mass is 10.0. The summed E-state index contributed by atoms with van der Waals surface area (Å²) >= 11 is 0. The fraction of sp³-hybridized carbons (Fsp3) is 0.500. The standard InChI is InChI=1S/C14H17FN4O3/c1-2-21-14(20)12(13-11(18-19-16)7-8-22-13)17-10-5-3-9(15)4-6-10/h3-6,11-13,17H,2,7-8H2,1H3/t11-,12?,13-/m1/s1. The van der Waals surface area contributed by atoms with Gasteiger partial charge in [-0.25, -0.2) is 9.18 Å². The number of ether oxygens (including phenoxy) is 2. The molecule has 1 aliphatic heterocycles. The first-order valence-electron chi connectivity index (χ1n) is 7.00. The zero-order valence-corrected chi connectivity index (χ0v) is 12.1. The van der Waals surface area contributed by atoms with Crippen LogP contribution < -0.4 is 5.32 Å². The van der Waals surface area contributed by atoms with Crippen molar-refractivity contribution in [3.63, 3.8) is 0 Å². The van der Waals surface area contributed by atoms with E-state index in [1.165, 1.54) is 24.3 Å². The fourth-order valence-electron chi connectivity index (χ4n) is 2.34. The van der Waals surface area contributed by atoms with Crippen LogP contribution in [0.5, 0.6) is 0 Å². The van der Waals surface area contributed by atoms with E-state index < -0.39 is 24.2 Å². The summed E-state index contributed by atoms with van der Waals surface area (Å²) in [5, 5.41) is 6.64. The Labute approximate surface area is 127 Å². The van der Waals surface area contributed by atoms with Gasteiger partial charge in [-0.2, -0.15) is 0 Å². The minimum atomic E-state index is -0.830. The summed E-state index contributed by atoms with van der Waals surface area (Å²) in [6, 6.07) is 4.31. The summed E-state index contributed by atoms with van der Waals surface area (Å²) in [7, 11) is 0. The van der Waals surface area contributed by atoms with Gasteiger partial charge in [0.15, 0.2) is 6.04 Å². The second kappa shape index (κ2) is 7.63. The molecule has 1 fully saturated rings. The molecule has 0 bridgehead atoms. The molecule has 0 radical (unpaired) electrons. The molecule has 1 saturated heterocycles. The number of hydrogen-bond acceptors (Lipinski definition) is 5. The van der Waals surface area contributed by atoms with E-state index in [2.05, 4.69) is 15.3 Å². The summed E-state index contributed by atoms with van der Waals surface area (Å²) < 4.78 is 23.6. The van der Waals surface area contributed by atoms with Gasteiger partial charge < -0.3 is 14.8 Å². The van der Waals surface area contributed by atoms with E-state index in [9.17, 15) is 9.18 Å². The Morgan fingerprint density at radius 3 is 2.95 bits per heavy atom. The molecule has 2 rings (SSSR count). The van der Waals surface area contributed by atoms with Crippen molar-refractivity contribution in [3.05, 3.63) is 40.5 Å². The predicted octanol–water partition coefficient (Wildman–Crippen LogP) is 2.64. The second-order valence-electron chi connectivity index (χ2n) is 4.78. The minimum absolute atomic E-state index is 0.222. The first kappa shape index (κ1) is 16.1. The number of rotatable bonds is 6. The van der Waals surface area contributed by atoms with Crippen LogP contribution >= 0.6 is 0 Å². The lowest BCUT2D eigenvalue weighted by Crippen LogP contribution is -2.46. The van der Waals surface area contributed by atoms with Gasteiger partial charge in [0.2, 0.25) is 0 Å². The highest BCUT2D eigenvalue weighted by molar-refractivity contribution is 5.80. The van der Waals surface area contributed by atoms with E-state index in [1.807, 2.05) is 0 Å². The number of azide groups is 1. The number of nitrogens with one attached hydrogen (secondary N) is 1. The highest BCUT2D eigenvalue weighted by atomic mass is 19.1. The number of nitrogens with zero attached hydrogens (tertiary/aromatic N) is 3. The first-order valence-corrected chi connectivity index (χ1v) is 7.00. The van der Waals surface area contributed by atoms with Crippen LogP contribution in [0.2, 0.25) is 0 Å². The highest BCUT2D eigenvalue weighted by Crippen LogP contribution is 2.24. The molecule has 7 nitrogen and oxygen atoms in total. The van der Waals surface area contributed by atoms with Crippen LogP contribution in [0, 0.1) is 5.82 Å². The van der Waals surface area contributed by atoms with Crippen molar-refractivity contribution in [3.8, 4) is 0 Å². The second-order valence-corrected chi connectivity index (χ2v) is 4.78. The molecule has 8 heteroatoms. The Hall–Kier alpha value is -2.31. The van der Waals surface area contributed by atoms with E-state index in [-0.39, 0.29) is 12.4 Å². The smallest absolute Gasteiger partial charge is 0.331 e. The third-order valence-corrected chi connectivity index (χ3v) is 3.34. The Balaban J connectivity index is 2.20. The molecule has 0 amide bonds. The van der Waals surface area contributed by atoms with Gasteiger partial charge in [0.1, 0.15) is 5.82 Å². The van der Waals surface area contributed by atoms with Gasteiger partial charge in [0, 0.05) is 17.2 Å². The summed E-state index contributed by atoms with van der Waals surface area (Å²) in [6.07, 6.45) is -0.0876. The third-order valence-electron chi connectivity index (χ3n) is 3.34. The Bertz CT molecular complexity index is 560. The number of esters is 1. The van der Waals surface area contributed by atoms with Crippen LogP contribution in [0.4, 0.5) is 10.1 Å². The molecule has 0 spiro atoms. The van der Waals surface area contributed by atoms with E-state index >= 15 is 0 Å². The molecule has 0 aromatic heterocycles. The average Bonchev–Trinajstić information content (AvgIpc) is 2.95. The topological polar surface area (TPSA) is 96.3 Å². The molecule has 1 aliphatic rings. The Morgan fingerprint density at radius 2 is 2.32 bits per heavy atom. The lowest BCUT2D eigenvalue weighted by Gasteiger charge is -2.25.